The van der Waals surface area contributed by atoms with Crippen LogP contribution in [0, 0.1) is 5.41 Å². The molecule has 1 saturated carbocycles. The van der Waals surface area contributed by atoms with Crippen LogP contribution in [0.5, 0.6) is 0 Å². The number of hydrogen-bond acceptors (Lipinski definition) is 2. The standard InChI is InChI=1S/C10H17N3/c1-10(3-4-10)7-13-8-12-6-9(13)5-11-2/h6,8,11H,3-5,7H2,1-2H3. The van der Waals surface area contributed by atoms with Gasteiger partial charge in [-0.3, -0.25) is 0 Å². The second-order valence-electron chi connectivity index (χ2n) is 4.35. The first-order valence-electron chi connectivity index (χ1n) is 4.87. The van der Waals surface area contributed by atoms with Crippen molar-refractivity contribution in [1.29, 1.82) is 0 Å². The largest absolute Gasteiger partial charge is 0.333 e. The number of nitrogens with one attached hydrogen (secondary N) is 1. The van der Waals surface area contributed by atoms with Crippen molar-refractivity contribution in [3.05, 3.63) is 18.2 Å². The van der Waals surface area contributed by atoms with Crippen LogP contribution in [0.1, 0.15) is 25.5 Å². The normalized spacial score (nSPS) is 18.9. The summed E-state index contributed by atoms with van der Waals surface area (Å²) in [6.45, 7) is 4.39. The molecule has 1 aliphatic rings. The first-order valence-corrected chi connectivity index (χ1v) is 4.87. The highest BCUT2D eigenvalue weighted by molar-refractivity contribution is 5.01. The van der Waals surface area contributed by atoms with Crippen molar-refractivity contribution in [2.45, 2.75) is 32.9 Å². The molecule has 0 atom stereocenters. The molecule has 1 fully saturated rings. The Morgan fingerprint density at radius 2 is 2.38 bits per heavy atom. The highest BCUT2D eigenvalue weighted by Gasteiger charge is 2.37. The molecule has 1 aromatic heterocycles. The summed E-state index contributed by atoms with van der Waals surface area (Å²) >= 11 is 0. The van der Waals surface area contributed by atoms with Crippen LogP contribution in [0.25, 0.3) is 0 Å². The first-order chi connectivity index (χ1) is 6.23. The van der Waals surface area contributed by atoms with E-state index in [1.807, 2.05) is 19.6 Å². The molecule has 2 rings (SSSR count). The summed E-state index contributed by atoms with van der Waals surface area (Å²) in [5.41, 5.74) is 1.85. The maximum atomic E-state index is 4.18. The number of imidazole rings is 1. The van der Waals surface area contributed by atoms with Gasteiger partial charge in [-0.25, -0.2) is 4.98 Å². The Bertz CT molecular complexity index is 286. The Hall–Kier alpha value is -0.830. The van der Waals surface area contributed by atoms with E-state index < -0.39 is 0 Å². The number of rotatable bonds is 4. The van der Waals surface area contributed by atoms with Gasteiger partial charge in [-0.1, -0.05) is 6.92 Å². The van der Waals surface area contributed by atoms with Crippen LogP contribution in [0.3, 0.4) is 0 Å². The van der Waals surface area contributed by atoms with Crippen molar-refractivity contribution >= 4 is 0 Å². The van der Waals surface area contributed by atoms with Crippen molar-refractivity contribution in [3.8, 4) is 0 Å². The molecule has 1 heterocycles. The van der Waals surface area contributed by atoms with Gasteiger partial charge in [-0.2, -0.15) is 0 Å². The molecule has 0 aliphatic heterocycles. The Balaban J connectivity index is 2.06. The lowest BCUT2D eigenvalue weighted by Gasteiger charge is -2.12. The Morgan fingerprint density at radius 3 is 3.00 bits per heavy atom. The Morgan fingerprint density at radius 1 is 1.62 bits per heavy atom. The van der Waals surface area contributed by atoms with E-state index in [4.69, 9.17) is 0 Å². The maximum absolute atomic E-state index is 4.18. The van der Waals surface area contributed by atoms with E-state index >= 15 is 0 Å². The van der Waals surface area contributed by atoms with E-state index in [0.717, 1.165) is 13.1 Å². The van der Waals surface area contributed by atoms with E-state index in [2.05, 4.69) is 21.8 Å². The first kappa shape index (κ1) is 8.75. The SMILES string of the molecule is CNCc1cncn1CC1(C)CC1. The summed E-state index contributed by atoms with van der Waals surface area (Å²) in [5, 5.41) is 3.16. The molecule has 72 valence electrons. The molecule has 0 unspecified atom stereocenters. The van der Waals surface area contributed by atoms with Crippen LogP contribution in [0.2, 0.25) is 0 Å². The zero-order valence-corrected chi connectivity index (χ0v) is 8.38. The lowest BCUT2D eigenvalue weighted by molar-refractivity contribution is 0.451. The Kier molecular flexibility index (Phi) is 2.12. The summed E-state index contributed by atoms with van der Waals surface area (Å²) in [5.74, 6) is 0. The molecule has 0 radical (unpaired) electrons. The van der Waals surface area contributed by atoms with Gasteiger partial charge in [0.25, 0.3) is 0 Å². The van der Waals surface area contributed by atoms with Gasteiger partial charge in [-0.15, -0.1) is 0 Å². The van der Waals surface area contributed by atoms with Gasteiger partial charge in [0.2, 0.25) is 0 Å². The molecule has 1 aliphatic carbocycles. The third-order valence-electron chi connectivity index (χ3n) is 2.81. The van der Waals surface area contributed by atoms with Crippen molar-refractivity contribution in [1.82, 2.24) is 14.9 Å². The summed E-state index contributed by atoms with van der Waals surface area (Å²) in [4.78, 5) is 4.18. The minimum absolute atomic E-state index is 0.559. The molecule has 0 bridgehead atoms. The van der Waals surface area contributed by atoms with Crippen LogP contribution in [-0.2, 0) is 13.1 Å². The third-order valence-corrected chi connectivity index (χ3v) is 2.81. The molecule has 3 nitrogen and oxygen atoms in total. The van der Waals surface area contributed by atoms with E-state index in [1.54, 1.807) is 0 Å². The summed E-state index contributed by atoms with van der Waals surface area (Å²) in [7, 11) is 1.97. The zero-order chi connectivity index (χ0) is 9.31. The average Bonchev–Trinajstić information content (AvgIpc) is 2.65. The fourth-order valence-electron chi connectivity index (χ4n) is 1.60. The lowest BCUT2D eigenvalue weighted by Crippen LogP contribution is -2.14. The monoisotopic (exact) mass is 179 g/mol. The van der Waals surface area contributed by atoms with Gasteiger partial charge in [0, 0.05) is 19.3 Å². The highest BCUT2D eigenvalue weighted by Crippen LogP contribution is 2.46. The van der Waals surface area contributed by atoms with Gasteiger partial charge >= 0.3 is 0 Å². The molecular weight excluding hydrogens is 162 g/mol. The van der Waals surface area contributed by atoms with Crippen molar-refractivity contribution in [2.75, 3.05) is 7.05 Å². The maximum Gasteiger partial charge on any atom is 0.0948 e. The molecule has 0 aromatic carbocycles. The molecule has 0 spiro atoms. The van der Waals surface area contributed by atoms with Gasteiger partial charge in [0.15, 0.2) is 0 Å². The van der Waals surface area contributed by atoms with Crippen molar-refractivity contribution in [2.24, 2.45) is 5.41 Å². The molecule has 3 heteroatoms. The van der Waals surface area contributed by atoms with Crippen LogP contribution in [0.15, 0.2) is 12.5 Å². The van der Waals surface area contributed by atoms with Gasteiger partial charge in [-0.05, 0) is 25.3 Å². The molecule has 0 saturated heterocycles. The number of nitrogens with zero attached hydrogens (tertiary/aromatic N) is 2. The Labute approximate surface area is 79.2 Å². The minimum atomic E-state index is 0.559. The molecule has 13 heavy (non-hydrogen) atoms. The van der Waals surface area contributed by atoms with Crippen molar-refractivity contribution < 1.29 is 0 Å². The van der Waals surface area contributed by atoms with E-state index in [9.17, 15) is 0 Å². The summed E-state index contributed by atoms with van der Waals surface area (Å²) in [6.07, 6.45) is 6.62. The second-order valence-corrected chi connectivity index (χ2v) is 4.35. The summed E-state index contributed by atoms with van der Waals surface area (Å²) < 4.78 is 2.27. The van der Waals surface area contributed by atoms with E-state index in [-0.39, 0.29) is 0 Å². The van der Waals surface area contributed by atoms with Crippen LogP contribution >= 0.6 is 0 Å². The topological polar surface area (TPSA) is 29.9 Å². The molecular formula is C10H17N3. The quantitative estimate of drug-likeness (QED) is 0.757. The smallest absolute Gasteiger partial charge is 0.0948 e. The highest BCUT2D eigenvalue weighted by atomic mass is 15.1. The predicted octanol–water partition coefficient (Wildman–Crippen LogP) is 1.40. The average molecular weight is 179 g/mol. The number of hydrogen-bond donors (Lipinski definition) is 1. The zero-order valence-electron chi connectivity index (χ0n) is 8.38. The third kappa shape index (κ3) is 1.91. The lowest BCUT2D eigenvalue weighted by atomic mass is 10.1. The molecule has 1 N–H and O–H groups in total. The number of aromatic nitrogens is 2. The van der Waals surface area contributed by atoms with E-state index in [0.29, 0.717) is 5.41 Å². The molecule has 0 amide bonds. The van der Waals surface area contributed by atoms with Gasteiger partial charge < -0.3 is 9.88 Å². The van der Waals surface area contributed by atoms with Gasteiger partial charge in [0.1, 0.15) is 0 Å². The van der Waals surface area contributed by atoms with E-state index in [1.165, 1.54) is 18.5 Å². The van der Waals surface area contributed by atoms with Crippen LogP contribution < -0.4 is 5.32 Å². The fourth-order valence-corrected chi connectivity index (χ4v) is 1.60. The van der Waals surface area contributed by atoms with Crippen LogP contribution in [-0.4, -0.2) is 16.6 Å². The predicted molar refractivity (Wildman–Crippen MR) is 52.3 cm³/mol. The van der Waals surface area contributed by atoms with Crippen molar-refractivity contribution in [3.63, 3.8) is 0 Å². The molecule has 1 aromatic rings. The van der Waals surface area contributed by atoms with Crippen LogP contribution in [0.4, 0.5) is 0 Å². The van der Waals surface area contributed by atoms with Gasteiger partial charge in [0.05, 0.1) is 12.0 Å². The minimum Gasteiger partial charge on any atom is -0.333 e. The second kappa shape index (κ2) is 3.14. The summed E-state index contributed by atoms with van der Waals surface area (Å²) in [6, 6.07) is 0. The fraction of sp³-hybridized carbons (Fsp3) is 0.700.